The van der Waals surface area contributed by atoms with Gasteiger partial charge in [0.2, 0.25) is 0 Å². The minimum atomic E-state index is -3.41. The standard InChI is InChI=1S/C16H21NO5S/c1-23(19,20)22-15-7-13-9-17(10-14(13)8-15)16(18)21-11-12-5-3-2-4-6-12/h2-6,13-15H,7-11H2,1H3/t13-,14+,15+. The molecule has 1 aliphatic carbocycles. The molecule has 1 saturated carbocycles. The predicted molar refractivity (Wildman–Crippen MR) is 84.1 cm³/mol. The van der Waals surface area contributed by atoms with Crippen molar-refractivity contribution in [3.63, 3.8) is 0 Å². The van der Waals surface area contributed by atoms with Crippen molar-refractivity contribution in [3.05, 3.63) is 35.9 Å². The Morgan fingerprint density at radius 2 is 1.78 bits per heavy atom. The van der Waals surface area contributed by atoms with E-state index in [-0.39, 0.29) is 18.8 Å². The summed E-state index contributed by atoms with van der Waals surface area (Å²) in [6.07, 6.45) is 1.89. The first kappa shape index (κ1) is 16.3. The van der Waals surface area contributed by atoms with Crippen molar-refractivity contribution >= 4 is 16.2 Å². The number of ether oxygens (including phenoxy) is 1. The van der Waals surface area contributed by atoms with E-state index in [1.165, 1.54) is 0 Å². The van der Waals surface area contributed by atoms with Gasteiger partial charge in [0.25, 0.3) is 10.1 Å². The van der Waals surface area contributed by atoms with E-state index in [9.17, 15) is 13.2 Å². The average molecular weight is 339 g/mol. The summed E-state index contributed by atoms with van der Waals surface area (Å²) >= 11 is 0. The molecule has 1 heterocycles. The van der Waals surface area contributed by atoms with E-state index in [0.29, 0.717) is 37.8 Å². The molecule has 126 valence electrons. The van der Waals surface area contributed by atoms with Crippen LogP contribution >= 0.6 is 0 Å². The minimum Gasteiger partial charge on any atom is -0.445 e. The number of carbonyl (C=O) groups excluding carboxylic acids is 1. The van der Waals surface area contributed by atoms with Crippen LogP contribution in [0.25, 0.3) is 0 Å². The van der Waals surface area contributed by atoms with Crippen LogP contribution in [0.15, 0.2) is 30.3 Å². The second kappa shape index (κ2) is 6.49. The first-order valence-electron chi connectivity index (χ1n) is 7.74. The molecule has 0 unspecified atom stereocenters. The largest absolute Gasteiger partial charge is 0.445 e. The summed E-state index contributed by atoms with van der Waals surface area (Å²) in [6.45, 7) is 1.50. The number of rotatable bonds is 4. The Morgan fingerprint density at radius 1 is 1.17 bits per heavy atom. The molecule has 1 aliphatic heterocycles. The molecule has 6 nitrogen and oxygen atoms in total. The lowest BCUT2D eigenvalue weighted by Crippen LogP contribution is -2.31. The van der Waals surface area contributed by atoms with E-state index >= 15 is 0 Å². The molecule has 0 bridgehead atoms. The summed E-state index contributed by atoms with van der Waals surface area (Å²) in [4.78, 5) is 13.9. The third-order valence-electron chi connectivity index (χ3n) is 4.48. The lowest BCUT2D eigenvalue weighted by molar-refractivity contribution is 0.0988. The summed E-state index contributed by atoms with van der Waals surface area (Å²) in [6, 6.07) is 9.57. The SMILES string of the molecule is CS(=O)(=O)O[C@H]1C[C@@H]2CN(C(=O)OCc3ccccc3)C[C@@H]2C1. The average Bonchev–Trinajstić information content (AvgIpc) is 3.02. The minimum absolute atomic E-state index is 0.248. The molecule has 0 aromatic heterocycles. The molecule has 2 fully saturated rings. The van der Waals surface area contributed by atoms with E-state index in [1.54, 1.807) is 4.90 Å². The summed E-state index contributed by atoms with van der Waals surface area (Å²) in [5, 5.41) is 0. The Labute approximate surface area is 136 Å². The Kier molecular flexibility index (Phi) is 4.59. The number of nitrogens with zero attached hydrogens (tertiary/aromatic N) is 1. The highest BCUT2D eigenvalue weighted by atomic mass is 32.2. The predicted octanol–water partition coefficient (Wildman–Crippen LogP) is 2.01. The molecule has 2 aliphatic rings. The van der Waals surface area contributed by atoms with E-state index in [1.807, 2.05) is 30.3 Å². The third-order valence-corrected chi connectivity index (χ3v) is 5.10. The Hall–Kier alpha value is -1.60. The van der Waals surface area contributed by atoms with Crippen LogP contribution in [-0.4, -0.2) is 44.9 Å². The maximum Gasteiger partial charge on any atom is 0.410 e. The van der Waals surface area contributed by atoms with Gasteiger partial charge < -0.3 is 9.64 Å². The number of hydrogen-bond donors (Lipinski definition) is 0. The topological polar surface area (TPSA) is 72.9 Å². The van der Waals surface area contributed by atoms with E-state index < -0.39 is 10.1 Å². The fraction of sp³-hybridized carbons (Fsp3) is 0.562. The number of hydrogen-bond acceptors (Lipinski definition) is 5. The molecule has 0 N–H and O–H groups in total. The van der Waals surface area contributed by atoms with Crippen LogP contribution in [0.3, 0.4) is 0 Å². The molecule has 0 spiro atoms. The summed E-state index contributed by atoms with van der Waals surface area (Å²) in [5.41, 5.74) is 0.960. The highest BCUT2D eigenvalue weighted by molar-refractivity contribution is 7.86. The molecule has 1 amide bonds. The van der Waals surface area contributed by atoms with Crippen LogP contribution < -0.4 is 0 Å². The van der Waals surface area contributed by atoms with Crippen molar-refractivity contribution in [1.82, 2.24) is 4.90 Å². The number of carbonyl (C=O) groups is 1. The van der Waals surface area contributed by atoms with Gasteiger partial charge in [-0.25, -0.2) is 4.79 Å². The Bertz CT molecular complexity index is 646. The van der Waals surface area contributed by atoms with Gasteiger partial charge >= 0.3 is 6.09 Å². The summed E-state index contributed by atoms with van der Waals surface area (Å²) in [5.74, 6) is 0.594. The van der Waals surface area contributed by atoms with Crippen molar-refractivity contribution in [3.8, 4) is 0 Å². The molecule has 1 aromatic carbocycles. The molecular weight excluding hydrogens is 318 g/mol. The van der Waals surface area contributed by atoms with Gasteiger partial charge in [0.05, 0.1) is 12.4 Å². The van der Waals surface area contributed by atoms with Crippen LogP contribution in [0.5, 0.6) is 0 Å². The monoisotopic (exact) mass is 339 g/mol. The van der Waals surface area contributed by atoms with E-state index in [4.69, 9.17) is 8.92 Å². The van der Waals surface area contributed by atoms with Gasteiger partial charge in [-0.05, 0) is 30.2 Å². The summed E-state index contributed by atoms with van der Waals surface area (Å²) in [7, 11) is -3.41. The lowest BCUT2D eigenvalue weighted by atomic mass is 10.0. The van der Waals surface area contributed by atoms with Gasteiger partial charge in [-0.2, -0.15) is 8.42 Å². The highest BCUT2D eigenvalue weighted by Crippen LogP contribution is 2.40. The molecule has 23 heavy (non-hydrogen) atoms. The van der Waals surface area contributed by atoms with Crippen molar-refractivity contribution in [1.29, 1.82) is 0 Å². The van der Waals surface area contributed by atoms with Gasteiger partial charge in [-0.15, -0.1) is 0 Å². The second-order valence-corrected chi connectivity index (χ2v) is 7.96. The maximum atomic E-state index is 12.1. The molecule has 3 rings (SSSR count). The van der Waals surface area contributed by atoms with Gasteiger partial charge in [0.1, 0.15) is 6.61 Å². The van der Waals surface area contributed by atoms with Crippen LogP contribution in [0, 0.1) is 11.8 Å². The first-order chi connectivity index (χ1) is 10.9. The van der Waals surface area contributed by atoms with Crippen molar-refractivity contribution in [2.24, 2.45) is 11.8 Å². The van der Waals surface area contributed by atoms with Crippen LogP contribution in [0.4, 0.5) is 4.79 Å². The van der Waals surface area contributed by atoms with Gasteiger partial charge in [0.15, 0.2) is 0 Å². The van der Waals surface area contributed by atoms with Crippen molar-refractivity contribution in [2.75, 3.05) is 19.3 Å². The fourth-order valence-corrected chi connectivity index (χ4v) is 4.18. The van der Waals surface area contributed by atoms with Crippen LogP contribution in [0.2, 0.25) is 0 Å². The van der Waals surface area contributed by atoms with E-state index in [0.717, 1.165) is 11.8 Å². The number of fused-ring (bicyclic) bond motifs is 1. The molecule has 7 heteroatoms. The molecule has 1 aromatic rings. The zero-order valence-corrected chi connectivity index (χ0v) is 13.9. The Morgan fingerprint density at radius 3 is 2.35 bits per heavy atom. The second-order valence-electron chi connectivity index (χ2n) is 6.36. The fourth-order valence-electron chi connectivity index (χ4n) is 3.53. The highest BCUT2D eigenvalue weighted by Gasteiger charge is 2.44. The maximum absolute atomic E-state index is 12.1. The van der Waals surface area contributed by atoms with Crippen LogP contribution in [-0.2, 0) is 25.6 Å². The third kappa shape index (κ3) is 4.23. The lowest BCUT2D eigenvalue weighted by Gasteiger charge is -2.18. The molecule has 3 atom stereocenters. The number of likely N-dealkylation sites (tertiary alicyclic amines) is 1. The van der Waals surface area contributed by atoms with Crippen LogP contribution in [0.1, 0.15) is 18.4 Å². The van der Waals surface area contributed by atoms with Gasteiger partial charge in [-0.1, -0.05) is 30.3 Å². The van der Waals surface area contributed by atoms with E-state index in [2.05, 4.69) is 0 Å². The smallest absolute Gasteiger partial charge is 0.410 e. The molecule has 1 saturated heterocycles. The molecular formula is C16H21NO5S. The van der Waals surface area contributed by atoms with Gasteiger partial charge in [-0.3, -0.25) is 4.18 Å². The van der Waals surface area contributed by atoms with Crippen molar-refractivity contribution in [2.45, 2.75) is 25.6 Å². The normalized spacial score (nSPS) is 27.0. The zero-order chi connectivity index (χ0) is 16.4. The zero-order valence-electron chi connectivity index (χ0n) is 13.1. The van der Waals surface area contributed by atoms with Crippen molar-refractivity contribution < 1.29 is 22.1 Å². The number of benzene rings is 1. The summed E-state index contributed by atoms with van der Waals surface area (Å²) < 4.78 is 32.8. The molecule has 0 radical (unpaired) electrons. The Balaban J connectivity index is 1.47. The first-order valence-corrected chi connectivity index (χ1v) is 9.56. The van der Waals surface area contributed by atoms with Gasteiger partial charge in [0, 0.05) is 13.1 Å². The number of amides is 1. The quantitative estimate of drug-likeness (QED) is 0.785.